The van der Waals surface area contributed by atoms with Crippen molar-refractivity contribution in [2.75, 3.05) is 19.6 Å². The fourth-order valence-electron chi connectivity index (χ4n) is 2.31. The van der Waals surface area contributed by atoms with Gasteiger partial charge in [-0.1, -0.05) is 31.2 Å². The summed E-state index contributed by atoms with van der Waals surface area (Å²) in [6.07, 6.45) is 3.44. The van der Waals surface area contributed by atoms with E-state index in [4.69, 9.17) is 5.73 Å². The minimum Gasteiger partial charge on any atom is -0.337 e. The molecule has 20 heavy (non-hydrogen) atoms. The molecule has 0 radical (unpaired) electrons. The number of carbonyl (C=O) groups excluding carboxylic acids is 1. The summed E-state index contributed by atoms with van der Waals surface area (Å²) in [5.74, 6) is -0.00269. The van der Waals surface area contributed by atoms with Crippen molar-refractivity contribution < 1.29 is 4.79 Å². The van der Waals surface area contributed by atoms with Gasteiger partial charge in [-0.3, -0.25) is 9.78 Å². The quantitative estimate of drug-likeness (QED) is 0.878. The highest BCUT2D eigenvalue weighted by molar-refractivity contribution is 6.05. The van der Waals surface area contributed by atoms with Gasteiger partial charge in [0, 0.05) is 24.7 Å². The number of amides is 1. The zero-order valence-electron chi connectivity index (χ0n) is 11.9. The third-order valence-corrected chi connectivity index (χ3v) is 3.29. The Balaban J connectivity index is 2.33. The summed E-state index contributed by atoms with van der Waals surface area (Å²) >= 11 is 0. The van der Waals surface area contributed by atoms with Gasteiger partial charge >= 0.3 is 0 Å². The normalized spacial score (nSPS) is 10.7. The van der Waals surface area contributed by atoms with E-state index >= 15 is 0 Å². The summed E-state index contributed by atoms with van der Waals surface area (Å²) in [6, 6.07) is 9.77. The lowest BCUT2D eigenvalue weighted by Gasteiger charge is -2.22. The van der Waals surface area contributed by atoms with Crippen molar-refractivity contribution >= 4 is 16.7 Å². The number of aromatic nitrogens is 1. The molecule has 2 rings (SSSR count). The maximum Gasteiger partial charge on any atom is 0.273 e. The molecule has 1 heterocycles. The molecular formula is C16H21N3O. The van der Waals surface area contributed by atoms with E-state index in [2.05, 4.69) is 11.9 Å². The van der Waals surface area contributed by atoms with Gasteiger partial charge in [0.1, 0.15) is 5.69 Å². The summed E-state index contributed by atoms with van der Waals surface area (Å²) in [5.41, 5.74) is 6.08. The molecule has 0 saturated carbocycles. The molecule has 1 aromatic carbocycles. The van der Waals surface area contributed by atoms with E-state index in [0.717, 1.165) is 30.2 Å². The lowest BCUT2D eigenvalue weighted by atomic mass is 10.1. The van der Waals surface area contributed by atoms with E-state index in [-0.39, 0.29) is 5.91 Å². The van der Waals surface area contributed by atoms with Crippen LogP contribution in [-0.2, 0) is 0 Å². The van der Waals surface area contributed by atoms with Crippen LogP contribution in [0.15, 0.2) is 36.5 Å². The van der Waals surface area contributed by atoms with Crippen molar-refractivity contribution in [1.82, 2.24) is 9.88 Å². The first kappa shape index (κ1) is 14.5. The van der Waals surface area contributed by atoms with Gasteiger partial charge in [-0.15, -0.1) is 0 Å². The number of hydrogen-bond acceptors (Lipinski definition) is 3. The van der Waals surface area contributed by atoms with Gasteiger partial charge in [-0.05, 0) is 30.8 Å². The molecule has 1 amide bonds. The Bertz CT molecular complexity index is 577. The highest BCUT2D eigenvalue weighted by Crippen LogP contribution is 2.18. The Labute approximate surface area is 119 Å². The van der Waals surface area contributed by atoms with Crippen LogP contribution in [0.5, 0.6) is 0 Å². The molecule has 0 aliphatic carbocycles. The van der Waals surface area contributed by atoms with Crippen molar-refractivity contribution in [3.8, 4) is 0 Å². The van der Waals surface area contributed by atoms with Gasteiger partial charge in [0.05, 0.1) is 0 Å². The number of nitrogens with two attached hydrogens (primary N) is 1. The second kappa shape index (κ2) is 7.01. The van der Waals surface area contributed by atoms with Crippen LogP contribution in [0.4, 0.5) is 0 Å². The first-order chi connectivity index (χ1) is 9.77. The van der Waals surface area contributed by atoms with Crippen molar-refractivity contribution in [3.63, 3.8) is 0 Å². The van der Waals surface area contributed by atoms with Crippen LogP contribution < -0.4 is 5.73 Å². The predicted octanol–water partition coefficient (Wildman–Crippen LogP) is 2.44. The molecular weight excluding hydrogens is 250 g/mol. The molecule has 106 valence electrons. The Morgan fingerprint density at radius 1 is 1.25 bits per heavy atom. The minimum atomic E-state index is -0.00269. The molecule has 0 fully saturated rings. The van der Waals surface area contributed by atoms with Gasteiger partial charge in [0.2, 0.25) is 0 Å². The maximum absolute atomic E-state index is 12.7. The molecule has 0 saturated heterocycles. The first-order valence-electron chi connectivity index (χ1n) is 7.11. The number of carbonyl (C=O) groups is 1. The lowest BCUT2D eigenvalue weighted by molar-refractivity contribution is 0.0751. The molecule has 0 aliphatic rings. The van der Waals surface area contributed by atoms with Gasteiger partial charge in [-0.2, -0.15) is 0 Å². The Morgan fingerprint density at radius 2 is 2.05 bits per heavy atom. The molecule has 0 atom stereocenters. The minimum absolute atomic E-state index is 0.00269. The second-order valence-electron chi connectivity index (χ2n) is 4.82. The number of hydrogen-bond donors (Lipinski definition) is 1. The van der Waals surface area contributed by atoms with Crippen LogP contribution in [0.2, 0.25) is 0 Å². The molecule has 0 spiro atoms. The number of pyridine rings is 1. The van der Waals surface area contributed by atoms with Crippen LogP contribution in [0.25, 0.3) is 10.8 Å². The van der Waals surface area contributed by atoms with E-state index < -0.39 is 0 Å². The van der Waals surface area contributed by atoms with Crippen molar-refractivity contribution in [2.45, 2.75) is 19.8 Å². The van der Waals surface area contributed by atoms with Crippen molar-refractivity contribution in [1.29, 1.82) is 0 Å². The van der Waals surface area contributed by atoms with Crippen molar-refractivity contribution in [2.24, 2.45) is 5.73 Å². The van der Waals surface area contributed by atoms with Gasteiger partial charge in [0.25, 0.3) is 5.91 Å². The Hall–Kier alpha value is -1.94. The topological polar surface area (TPSA) is 59.2 Å². The number of nitrogens with zero attached hydrogens (tertiary/aromatic N) is 2. The second-order valence-corrected chi connectivity index (χ2v) is 4.82. The molecule has 4 nitrogen and oxygen atoms in total. The highest BCUT2D eigenvalue weighted by atomic mass is 16.2. The molecule has 0 unspecified atom stereocenters. The maximum atomic E-state index is 12.7. The number of fused-ring (bicyclic) bond motifs is 1. The largest absolute Gasteiger partial charge is 0.337 e. The first-order valence-corrected chi connectivity index (χ1v) is 7.11. The van der Waals surface area contributed by atoms with E-state index in [1.807, 2.05) is 35.2 Å². The Kier molecular flexibility index (Phi) is 5.07. The smallest absolute Gasteiger partial charge is 0.273 e. The average Bonchev–Trinajstić information content (AvgIpc) is 2.50. The monoisotopic (exact) mass is 271 g/mol. The number of rotatable bonds is 6. The summed E-state index contributed by atoms with van der Waals surface area (Å²) < 4.78 is 0. The third kappa shape index (κ3) is 3.14. The molecule has 2 aromatic rings. The molecule has 2 N–H and O–H groups in total. The van der Waals surface area contributed by atoms with Crippen LogP contribution in [0.3, 0.4) is 0 Å². The summed E-state index contributed by atoms with van der Waals surface area (Å²) in [5, 5.41) is 1.95. The summed E-state index contributed by atoms with van der Waals surface area (Å²) in [6.45, 7) is 4.09. The van der Waals surface area contributed by atoms with E-state index in [1.165, 1.54) is 0 Å². The van der Waals surface area contributed by atoms with E-state index in [0.29, 0.717) is 18.8 Å². The van der Waals surface area contributed by atoms with Gasteiger partial charge in [0.15, 0.2) is 0 Å². The molecule has 0 aliphatic heterocycles. The third-order valence-electron chi connectivity index (χ3n) is 3.29. The fraction of sp³-hybridized carbons (Fsp3) is 0.375. The van der Waals surface area contributed by atoms with Crippen molar-refractivity contribution in [3.05, 3.63) is 42.2 Å². The summed E-state index contributed by atoms with van der Waals surface area (Å²) in [7, 11) is 0. The van der Waals surface area contributed by atoms with E-state index in [9.17, 15) is 4.79 Å². The Morgan fingerprint density at radius 3 is 2.80 bits per heavy atom. The average molecular weight is 271 g/mol. The molecule has 4 heteroatoms. The number of benzene rings is 1. The van der Waals surface area contributed by atoms with Gasteiger partial charge in [-0.25, -0.2) is 0 Å². The molecule has 0 bridgehead atoms. The summed E-state index contributed by atoms with van der Waals surface area (Å²) in [4.78, 5) is 18.8. The zero-order chi connectivity index (χ0) is 14.4. The van der Waals surface area contributed by atoms with Crippen LogP contribution in [0, 0.1) is 0 Å². The van der Waals surface area contributed by atoms with Gasteiger partial charge < -0.3 is 10.6 Å². The molecule has 1 aromatic heterocycles. The van der Waals surface area contributed by atoms with E-state index in [1.54, 1.807) is 6.20 Å². The lowest BCUT2D eigenvalue weighted by Crippen LogP contribution is -2.34. The standard InChI is InChI=1S/C16H21N3O/c1-2-11-19(12-5-9-17)16(20)15-14-7-4-3-6-13(14)8-10-18-15/h3-4,6-8,10H,2,5,9,11-12,17H2,1H3. The fourth-order valence-corrected chi connectivity index (χ4v) is 2.31. The van der Waals surface area contributed by atoms with Crippen LogP contribution in [0.1, 0.15) is 30.3 Å². The zero-order valence-corrected chi connectivity index (χ0v) is 11.9. The van der Waals surface area contributed by atoms with Crippen LogP contribution in [-0.4, -0.2) is 35.4 Å². The highest BCUT2D eigenvalue weighted by Gasteiger charge is 2.18. The van der Waals surface area contributed by atoms with Crippen LogP contribution >= 0.6 is 0 Å². The predicted molar refractivity (Wildman–Crippen MR) is 81.6 cm³/mol. The SMILES string of the molecule is CCCN(CCCN)C(=O)c1nccc2ccccc12.